The molecule has 3 nitrogen and oxygen atoms in total. The molecule has 0 bridgehead atoms. The molecular formula is C11H11FN2O. The molecule has 0 aromatic carbocycles. The highest BCUT2D eigenvalue weighted by Gasteiger charge is 2.28. The Balaban J connectivity index is 2.25. The summed E-state index contributed by atoms with van der Waals surface area (Å²) in [5, 5.41) is 0. The molecule has 1 aliphatic heterocycles. The molecule has 1 amide bonds. The number of rotatable bonds is 2. The molecule has 2 rings (SSSR count). The van der Waals surface area contributed by atoms with Crippen LogP contribution in [0, 0.1) is 11.7 Å². The van der Waals surface area contributed by atoms with Crippen molar-refractivity contribution in [3.8, 4) is 0 Å². The number of nitrogens with zero attached hydrogens (tertiary/aromatic N) is 2. The van der Waals surface area contributed by atoms with Gasteiger partial charge in [0.05, 0.1) is 18.1 Å². The first kappa shape index (κ1) is 9.83. The Morgan fingerprint density at radius 2 is 2.40 bits per heavy atom. The summed E-state index contributed by atoms with van der Waals surface area (Å²) in [6.45, 7) is 4.22. The summed E-state index contributed by atoms with van der Waals surface area (Å²) in [6, 6.07) is 1.32. The lowest BCUT2D eigenvalue weighted by Crippen LogP contribution is -2.24. The molecule has 1 aliphatic rings. The van der Waals surface area contributed by atoms with Crippen molar-refractivity contribution in [2.24, 2.45) is 5.92 Å². The molecule has 1 atom stereocenters. The molecule has 15 heavy (non-hydrogen) atoms. The predicted octanol–water partition coefficient (Wildman–Crippen LogP) is 1.76. The zero-order valence-corrected chi connectivity index (χ0v) is 8.19. The van der Waals surface area contributed by atoms with E-state index in [4.69, 9.17) is 0 Å². The van der Waals surface area contributed by atoms with E-state index in [9.17, 15) is 9.18 Å². The van der Waals surface area contributed by atoms with Gasteiger partial charge < -0.3 is 4.90 Å². The van der Waals surface area contributed by atoms with Crippen LogP contribution >= 0.6 is 0 Å². The molecule has 2 heterocycles. The Hall–Kier alpha value is -1.71. The average Bonchev–Trinajstić information content (AvgIpc) is 2.60. The van der Waals surface area contributed by atoms with Crippen LogP contribution in [0.5, 0.6) is 0 Å². The first-order valence-corrected chi connectivity index (χ1v) is 4.74. The second-order valence-electron chi connectivity index (χ2n) is 3.57. The van der Waals surface area contributed by atoms with Gasteiger partial charge in [-0.3, -0.25) is 9.78 Å². The summed E-state index contributed by atoms with van der Waals surface area (Å²) < 4.78 is 12.9. The van der Waals surface area contributed by atoms with Gasteiger partial charge in [-0.25, -0.2) is 4.39 Å². The average molecular weight is 206 g/mol. The second kappa shape index (κ2) is 3.81. The van der Waals surface area contributed by atoms with E-state index < -0.39 is 5.82 Å². The normalized spacial score (nSPS) is 20.7. The van der Waals surface area contributed by atoms with Gasteiger partial charge in [0.2, 0.25) is 5.91 Å². The number of halogens is 1. The van der Waals surface area contributed by atoms with Gasteiger partial charge in [0.15, 0.2) is 0 Å². The fourth-order valence-electron chi connectivity index (χ4n) is 1.69. The minimum absolute atomic E-state index is 0.00713. The summed E-state index contributed by atoms with van der Waals surface area (Å²) in [7, 11) is 0. The predicted molar refractivity (Wildman–Crippen MR) is 54.9 cm³/mol. The first-order valence-electron chi connectivity index (χ1n) is 4.74. The van der Waals surface area contributed by atoms with Crippen LogP contribution in [0.3, 0.4) is 0 Å². The number of hydrogen-bond acceptors (Lipinski definition) is 2. The molecule has 0 spiro atoms. The van der Waals surface area contributed by atoms with Crippen molar-refractivity contribution in [2.45, 2.75) is 6.42 Å². The third-order valence-electron chi connectivity index (χ3n) is 2.49. The fourth-order valence-corrected chi connectivity index (χ4v) is 1.69. The molecule has 1 saturated heterocycles. The quantitative estimate of drug-likeness (QED) is 0.691. The van der Waals surface area contributed by atoms with Crippen molar-refractivity contribution in [1.82, 2.24) is 4.98 Å². The van der Waals surface area contributed by atoms with Crippen LogP contribution in [0.1, 0.15) is 6.42 Å². The lowest BCUT2D eigenvalue weighted by atomic mass is 10.1. The van der Waals surface area contributed by atoms with Gasteiger partial charge in [-0.05, 0) is 0 Å². The number of hydrogen-bond donors (Lipinski definition) is 0. The van der Waals surface area contributed by atoms with E-state index >= 15 is 0 Å². The highest BCUT2D eigenvalue weighted by molar-refractivity contribution is 5.95. The maximum Gasteiger partial charge on any atom is 0.227 e. The molecule has 0 radical (unpaired) electrons. The number of carbonyl (C=O) groups is 1. The standard InChI is InChI=1S/C11H11FN2O/c1-2-8-3-11(15)14(7-8)10-4-9(12)5-13-6-10/h2,4-6,8H,1,3,7H2. The van der Waals surface area contributed by atoms with Crippen molar-refractivity contribution >= 4 is 11.6 Å². The van der Waals surface area contributed by atoms with Gasteiger partial charge in [0, 0.05) is 24.9 Å². The first-order chi connectivity index (χ1) is 7.20. The summed E-state index contributed by atoms with van der Waals surface area (Å²) in [4.78, 5) is 16.8. The minimum atomic E-state index is -0.428. The zero-order valence-electron chi connectivity index (χ0n) is 8.19. The Morgan fingerprint density at radius 3 is 3.00 bits per heavy atom. The van der Waals surface area contributed by atoms with Gasteiger partial charge in [0.1, 0.15) is 5.82 Å². The molecule has 1 unspecified atom stereocenters. The van der Waals surface area contributed by atoms with Crippen molar-refractivity contribution in [2.75, 3.05) is 11.4 Å². The smallest absolute Gasteiger partial charge is 0.227 e. The Kier molecular flexibility index (Phi) is 2.49. The van der Waals surface area contributed by atoms with E-state index in [0.717, 1.165) is 6.20 Å². The van der Waals surface area contributed by atoms with Crippen molar-refractivity contribution in [1.29, 1.82) is 0 Å². The van der Waals surface area contributed by atoms with E-state index in [1.54, 1.807) is 11.0 Å². The SMILES string of the molecule is C=CC1CC(=O)N(c2cncc(F)c2)C1. The summed E-state index contributed by atoms with van der Waals surface area (Å²) in [6.07, 6.45) is 4.81. The molecule has 0 saturated carbocycles. The van der Waals surface area contributed by atoms with Crippen LogP contribution in [-0.2, 0) is 4.79 Å². The molecule has 1 aromatic rings. The lowest BCUT2D eigenvalue weighted by molar-refractivity contribution is -0.117. The largest absolute Gasteiger partial charge is 0.310 e. The fraction of sp³-hybridized carbons (Fsp3) is 0.273. The third-order valence-corrected chi connectivity index (χ3v) is 2.49. The molecule has 0 aliphatic carbocycles. The Labute approximate surface area is 87.2 Å². The van der Waals surface area contributed by atoms with Gasteiger partial charge in [-0.1, -0.05) is 6.08 Å². The molecule has 1 fully saturated rings. The van der Waals surface area contributed by atoms with E-state index in [1.165, 1.54) is 12.3 Å². The van der Waals surface area contributed by atoms with E-state index in [0.29, 0.717) is 18.7 Å². The zero-order chi connectivity index (χ0) is 10.8. The van der Waals surface area contributed by atoms with E-state index in [-0.39, 0.29) is 11.8 Å². The second-order valence-corrected chi connectivity index (χ2v) is 3.57. The van der Waals surface area contributed by atoms with Crippen molar-refractivity contribution < 1.29 is 9.18 Å². The number of pyridine rings is 1. The van der Waals surface area contributed by atoms with Crippen LogP contribution in [0.25, 0.3) is 0 Å². The minimum Gasteiger partial charge on any atom is -0.310 e. The van der Waals surface area contributed by atoms with Gasteiger partial charge in [0.25, 0.3) is 0 Å². The molecule has 1 aromatic heterocycles. The number of aromatic nitrogens is 1. The summed E-state index contributed by atoms with van der Waals surface area (Å²) in [5.41, 5.74) is 0.518. The van der Waals surface area contributed by atoms with Crippen LogP contribution < -0.4 is 4.90 Å². The third kappa shape index (κ3) is 1.88. The summed E-state index contributed by atoms with van der Waals surface area (Å²) >= 11 is 0. The Bertz CT molecular complexity index is 405. The van der Waals surface area contributed by atoms with Crippen LogP contribution in [0.4, 0.5) is 10.1 Å². The monoisotopic (exact) mass is 206 g/mol. The number of carbonyl (C=O) groups excluding carboxylic acids is 1. The lowest BCUT2D eigenvalue weighted by Gasteiger charge is -2.15. The maximum atomic E-state index is 12.9. The number of amides is 1. The van der Waals surface area contributed by atoms with Gasteiger partial charge in [-0.15, -0.1) is 6.58 Å². The van der Waals surface area contributed by atoms with Crippen molar-refractivity contribution in [3.05, 3.63) is 36.9 Å². The van der Waals surface area contributed by atoms with Gasteiger partial charge in [-0.2, -0.15) is 0 Å². The molecule has 78 valence electrons. The highest BCUT2D eigenvalue weighted by atomic mass is 19.1. The topological polar surface area (TPSA) is 33.2 Å². The van der Waals surface area contributed by atoms with Crippen LogP contribution in [0.15, 0.2) is 31.1 Å². The molecular weight excluding hydrogens is 195 g/mol. The van der Waals surface area contributed by atoms with Crippen LogP contribution in [-0.4, -0.2) is 17.4 Å². The number of anilines is 1. The highest BCUT2D eigenvalue weighted by Crippen LogP contribution is 2.25. The Morgan fingerprint density at radius 1 is 1.60 bits per heavy atom. The maximum absolute atomic E-state index is 12.9. The van der Waals surface area contributed by atoms with Gasteiger partial charge >= 0.3 is 0 Å². The van der Waals surface area contributed by atoms with Crippen LogP contribution in [0.2, 0.25) is 0 Å². The van der Waals surface area contributed by atoms with E-state index in [1.807, 2.05) is 0 Å². The van der Waals surface area contributed by atoms with Crippen molar-refractivity contribution in [3.63, 3.8) is 0 Å². The summed E-state index contributed by atoms with van der Waals surface area (Å²) in [5.74, 6) is -0.282. The van der Waals surface area contributed by atoms with E-state index in [2.05, 4.69) is 11.6 Å². The molecule has 4 heteroatoms. The molecule has 0 N–H and O–H groups in total.